The van der Waals surface area contributed by atoms with E-state index in [1.54, 1.807) is 0 Å². The highest BCUT2D eigenvalue weighted by molar-refractivity contribution is 9.10. The molecule has 0 bridgehead atoms. The lowest BCUT2D eigenvalue weighted by Crippen LogP contribution is -2.43. The van der Waals surface area contributed by atoms with Gasteiger partial charge in [-0.1, -0.05) is 420 Å². The highest BCUT2D eigenvalue weighted by atomic mass is 79.9. The van der Waals surface area contributed by atoms with Crippen molar-refractivity contribution < 1.29 is 0 Å². The average Bonchev–Trinajstić information content (AvgIpc) is 1.42. The zero-order valence-electron chi connectivity index (χ0n) is 68.1. The van der Waals surface area contributed by atoms with Crippen molar-refractivity contribution in [3.05, 3.63) is 535 Å². The van der Waals surface area contributed by atoms with E-state index in [-0.39, 0.29) is 0 Å². The minimum atomic E-state index is -0.544. The topological polar surface area (TPSA) is 51.6 Å². The first-order chi connectivity index (χ1) is 62.3. The molecule has 22 aromatic rings. The lowest BCUT2D eigenvalue weighted by atomic mass is 9.52. The Bertz CT molecular complexity index is 8200. The zero-order valence-corrected chi connectivity index (χ0v) is 71.3. The summed E-state index contributed by atoms with van der Waals surface area (Å²) in [7, 11) is 0. The molecule has 2 aromatic heterocycles. The Labute approximate surface area is 745 Å². The van der Waals surface area contributed by atoms with Gasteiger partial charge < -0.3 is 0 Å². The molecule has 0 atom stereocenters. The van der Waals surface area contributed by atoms with Crippen LogP contribution in [-0.4, -0.2) is 19.9 Å². The fraction of sp³-hybridized carbons (Fsp3) is 0.0333. The highest BCUT2D eigenvalue weighted by Crippen LogP contribution is 2.70. The molecule has 0 saturated carbocycles. The summed E-state index contributed by atoms with van der Waals surface area (Å²) in [4.78, 5) is 20.3. The van der Waals surface area contributed by atoms with Crippen molar-refractivity contribution in [2.24, 2.45) is 0 Å². The van der Waals surface area contributed by atoms with Crippen LogP contribution in [0, 0.1) is 0 Å². The Morgan fingerprint density at radius 1 is 0.159 bits per heavy atom. The maximum Gasteiger partial charge on any atom is 0.0979 e. The van der Waals surface area contributed by atoms with Gasteiger partial charge in [0.05, 0.1) is 67.5 Å². The number of nitrogens with zero attached hydrogens (tertiary/aromatic N) is 4. The third kappa shape index (κ3) is 9.88. The van der Waals surface area contributed by atoms with Gasteiger partial charge >= 0.3 is 0 Å². The maximum absolute atomic E-state index is 5.39. The highest BCUT2D eigenvalue weighted by Gasteiger charge is 2.61. The van der Waals surface area contributed by atoms with Crippen molar-refractivity contribution in [3.63, 3.8) is 0 Å². The Morgan fingerprint density at radius 3 is 0.738 bits per heavy atom. The fourth-order valence-corrected chi connectivity index (χ4v) is 24.4. The van der Waals surface area contributed by atoms with Gasteiger partial charge in [-0.3, -0.25) is 9.97 Å². The van der Waals surface area contributed by atoms with Crippen molar-refractivity contribution in [1.29, 1.82) is 0 Å². The first kappa shape index (κ1) is 72.7. The predicted molar refractivity (Wildman–Crippen MR) is 524 cm³/mol. The van der Waals surface area contributed by atoms with Crippen LogP contribution in [0.4, 0.5) is 0 Å². The number of fused-ring (bicyclic) bond motifs is 44. The summed E-state index contributed by atoms with van der Waals surface area (Å²) in [6, 6.07) is 157. The van der Waals surface area contributed by atoms with Gasteiger partial charge in [0, 0.05) is 41.6 Å². The van der Waals surface area contributed by atoms with E-state index in [2.05, 4.69) is 444 Å². The summed E-state index contributed by atoms with van der Waals surface area (Å²) in [5, 5.41) is 9.35. The molecule has 586 valence electrons. The Morgan fingerprint density at radius 2 is 0.397 bits per heavy atom. The molecule has 0 fully saturated rings. The molecule has 28 rings (SSSR count). The second-order valence-corrected chi connectivity index (χ2v) is 35.9. The normalized spacial score (nSPS) is 14.2. The third-order valence-electron chi connectivity index (χ3n) is 28.4. The van der Waals surface area contributed by atoms with Gasteiger partial charge in [0.1, 0.15) is 0 Å². The maximum atomic E-state index is 5.39. The van der Waals surface area contributed by atoms with Crippen molar-refractivity contribution in [1.82, 2.24) is 19.9 Å². The first-order valence-electron chi connectivity index (χ1n) is 43.3. The van der Waals surface area contributed by atoms with Crippen LogP contribution >= 0.6 is 31.9 Å². The van der Waals surface area contributed by atoms with Crippen LogP contribution in [0.3, 0.4) is 0 Å². The van der Waals surface area contributed by atoms with E-state index in [0.717, 1.165) is 80.6 Å². The lowest BCUT2D eigenvalue weighted by molar-refractivity contribution is 0.632. The smallest absolute Gasteiger partial charge is 0.0979 e. The second kappa shape index (κ2) is 27.8. The molecule has 126 heavy (non-hydrogen) atoms. The molecule has 4 nitrogen and oxygen atoms in total. The monoisotopic (exact) mass is 1730 g/mol. The lowest BCUT2D eigenvalue weighted by Gasteiger charge is -2.49. The Balaban J connectivity index is 0.000000112. The predicted octanol–water partition coefficient (Wildman–Crippen LogP) is 30.2. The fourth-order valence-electron chi connectivity index (χ4n) is 23.7. The van der Waals surface area contributed by atoms with Crippen LogP contribution in [0.15, 0.2) is 446 Å². The largest absolute Gasteiger partial charge is 0.252 e. The molecule has 0 aliphatic heterocycles. The van der Waals surface area contributed by atoms with E-state index in [9.17, 15) is 0 Å². The Hall–Kier alpha value is -14.9. The van der Waals surface area contributed by atoms with Crippen molar-refractivity contribution >= 4 is 97.0 Å². The molecule has 4 spiro atoms. The Kier molecular flexibility index (Phi) is 16.0. The van der Waals surface area contributed by atoms with Crippen LogP contribution in [0.1, 0.15) is 89.0 Å². The second-order valence-electron chi connectivity index (χ2n) is 34.1. The van der Waals surface area contributed by atoms with Crippen LogP contribution in [0.2, 0.25) is 0 Å². The van der Waals surface area contributed by atoms with Gasteiger partial charge in [-0.2, -0.15) is 0 Å². The van der Waals surface area contributed by atoms with E-state index in [1.807, 2.05) is 24.5 Å². The van der Waals surface area contributed by atoms with Gasteiger partial charge in [-0.15, -0.1) is 0 Å². The van der Waals surface area contributed by atoms with E-state index < -0.39 is 21.7 Å². The van der Waals surface area contributed by atoms with Gasteiger partial charge in [-0.25, -0.2) is 9.97 Å². The van der Waals surface area contributed by atoms with Gasteiger partial charge in [-0.05, 0) is 203 Å². The minimum absolute atomic E-state index is 0.391. The summed E-state index contributed by atoms with van der Waals surface area (Å²) >= 11 is 7.43. The number of benzene rings is 20. The van der Waals surface area contributed by atoms with Crippen LogP contribution in [0.25, 0.3) is 143 Å². The summed E-state index contributed by atoms with van der Waals surface area (Å²) < 4.78 is 2.15. The average molecular weight is 1730 g/mol. The van der Waals surface area contributed by atoms with Gasteiger partial charge in [0.2, 0.25) is 0 Å². The molecule has 0 N–H and O–H groups in total. The quantitative estimate of drug-likeness (QED) is 0.165. The van der Waals surface area contributed by atoms with Crippen molar-refractivity contribution in [2.45, 2.75) is 21.7 Å². The number of halogens is 2. The van der Waals surface area contributed by atoms with Gasteiger partial charge in [0.15, 0.2) is 0 Å². The summed E-state index contributed by atoms with van der Waals surface area (Å²) in [5.41, 5.74) is 40.3. The molecular weight excluding hydrogens is 1660 g/mol. The summed E-state index contributed by atoms with van der Waals surface area (Å²) in [6.45, 7) is 0. The molecule has 6 aliphatic rings. The summed E-state index contributed by atoms with van der Waals surface area (Å²) in [5.74, 6) is 0. The van der Waals surface area contributed by atoms with E-state index >= 15 is 0 Å². The molecule has 20 aromatic carbocycles. The molecule has 0 radical (unpaired) electrons. The molecular formula is C120H72Br2N4. The van der Waals surface area contributed by atoms with Crippen LogP contribution in [0.5, 0.6) is 0 Å². The first-order valence-corrected chi connectivity index (χ1v) is 44.9. The standard InChI is InChI=1S/C60H36N2.C38H23Br.C22H13BrN2/c1-3-24-46-40(18-1)41-19-2-4-25-47(41)58-57(46)61-36-56(62-58)39-17-15-16-37(34-39)38-32-33-54-55(35-38)60(50-28-11-7-22-44(50)45-23-8-12-29-51(45)60)53-31-14-13-30-52(53)59(54)48-26-9-5-20-42(48)43-21-6-10-27-49(43)59;39-24-21-22-35-36(23-24)38(31-17-7-3-13-27(31)28-14-4-8-18-32(28)38)34-20-10-9-19-33(34)37(35)29-15-5-1-11-25(29)26-12-2-6-16-30(26)37;23-15-7-5-6-14(12-15)20-13-24-21-18-10-3-1-8-16(18)17-9-2-4-11-19(17)22(21)25-20/h1-36H;1-23H;1-13H. The number of hydrogen-bond donors (Lipinski definition) is 0. The molecule has 2 heterocycles. The SMILES string of the molecule is Brc1ccc2c(c1)C1(c3ccccc3-c3ccccc31)c1ccccc1C21c2ccccc2-c2ccccc21.Brc1cccc(-c2cnc3c4ccccc4c4ccccc4c3n2)c1.c1cc(-c2ccc3c(c2)C2(c4ccccc4-c4ccccc42)c2ccccc2C32c3ccccc3-c3ccccc32)cc(-c2cnc3c4ccccc4c4ccccc4c3n2)c1. The molecule has 0 saturated heterocycles. The molecule has 6 aliphatic carbocycles. The number of rotatable bonds is 3. The van der Waals surface area contributed by atoms with E-state index in [1.165, 1.54) is 161 Å². The van der Waals surface area contributed by atoms with Crippen molar-refractivity contribution in [3.8, 4) is 78.1 Å². The molecule has 0 unspecified atom stereocenters. The van der Waals surface area contributed by atoms with Crippen LogP contribution in [-0.2, 0) is 21.7 Å². The van der Waals surface area contributed by atoms with E-state index in [4.69, 9.17) is 19.9 Å². The van der Waals surface area contributed by atoms with Gasteiger partial charge in [0.25, 0.3) is 0 Å². The van der Waals surface area contributed by atoms with Crippen LogP contribution < -0.4 is 0 Å². The third-order valence-corrected chi connectivity index (χ3v) is 29.3. The minimum Gasteiger partial charge on any atom is -0.252 e. The molecule has 6 heteroatoms. The van der Waals surface area contributed by atoms with E-state index in [0.29, 0.717) is 0 Å². The summed E-state index contributed by atoms with van der Waals surface area (Å²) in [6.07, 6.45) is 3.82. The number of aromatic nitrogens is 4. The van der Waals surface area contributed by atoms with Crippen molar-refractivity contribution in [2.75, 3.05) is 0 Å². The number of hydrogen-bond acceptors (Lipinski definition) is 4. The zero-order chi connectivity index (χ0) is 83.1. The molecule has 0 amide bonds.